The van der Waals surface area contributed by atoms with Crippen LogP contribution in [0.4, 0.5) is 20.2 Å². The number of nitrogens with one attached hydrogen (secondary N) is 1. The number of alkyl halides is 2. The minimum Gasteiger partial charge on any atom is -0.435 e. The van der Waals surface area contributed by atoms with E-state index in [9.17, 15) is 8.78 Å². The summed E-state index contributed by atoms with van der Waals surface area (Å²) in [6, 6.07) is 23.4. The summed E-state index contributed by atoms with van der Waals surface area (Å²) in [6.07, 6.45) is 7.57. The lowest BCUT2D eigenvalue weighted by Gasteiger charge is -2.10. The molecular formula is C26H29F2NO. The van der Waals surface area contributed by atoms with Crippen LogP contribution in [0.2, 0.25) is 0 Å². The first-order valence-electron chi connectivity index (χ1n) is 10.7. The molecule has 2 nitrogen and oxygen atoms in total. The summed E-state index contributed by atoms with van der Waals surface area (Å²) in [5, 5.41) is 3.23. The highest BCUT2D eigenvalue weighted by Crippen LogP contribution is 2.26. The van der Waals surface area contributed by atoms with Crippen molar-refractivity contribution in [3.05, 3.63) is 78.4 Å². The Balaban J connectivity index is 1.61. The molecule has 4 heteroatoms. The number of ether oxygens (including phenoxy) is 1. The van der Waals surface area contributed by atoms with Gasteiger partial charge in [0.2, 0.25) is 0 Å². The van der Waals surface area contributed by atoms with Gasteiger partial charge in [-0.2, -0.15) is 8.78 Å². The molecule has 0 aliphatic rings. The van der Waals surface area contributed by atoms with Gasteiger partial charge in [0.05, 0.1) is 0 Å². The maximum Gasteiger partial charge on any atom is 0.387 e. The normalized spacial score (nSPS) is 10.9. The second-order valence-electron chi connectivity index (χ2n) is 7.47. The summed E-state index contributed by atoms with van der Waals surface area (Å²) in [4.78, 5) is 0. The van der Waals surface area contributed by atoms with E-state index >= 15 is 0 Å². The zero-order chi connectivity index (χ0) is 21.2. The molecule has 0 aromatic heterocycles. The van der Waals surface area contributed by atoms with E-state index in [0.717, 1.165) is 17.7 Å². The van der Waals surface area contributed by atoms with Crippen molar-refractivity contribution in [1.82, 2.24) is 0 Å². The third kappa shape index (κ3) is 6.87. The molecule has 30 heavy (non-hydrogen) atoms. The topological polar surface area (TPSA) is 21.3 Å². The van der Waals surface area contributed by atoms with Gasteiger partial charge in [-0.15, -0.1) is 0 Å². The lowest BCUT2D eigenvalue weighted by molar-refractivity contribution is -0.0498. The van der Waals surface area contributed by atoms with Crippen LogP contribution in [0, 0.1) is 0 Å². The second-order valence-corrected chi connectivity index (χ2v) is 7.47. The molecule has 3 rings (SSSR count). The van der Waals surface area contributed by atoms with E-state index in [1.807, 2.05) is 18.2 Å². The molecule has 0 amide bonds. The SMILES string of the molecule is CCCCCCCc1cccc(-c2ccc(Nc3cccc(OC(F)F)c3)cc2)c1. The standard InChI is InChI=1S/C26H29F2NO/c1-2-3-4-5-6-9-20-10-7-11-22(18-20)21-14-16-23(17-15-21)29-24-12-8-13-25(19-24)30-26(27)28/h7-8,10-19,26,29H,2-6,9H2,1H3. The van der Waals surface area contributed by atoms with E-state index in [2.05, 4.69) is 53.4 Å². The largest absolute Gasteiger partial charge is 0.435 e. The molecule has 0 radical (unpaired) electrons. The van der Waals surface area contributed by atoms with Crippen molar-refractivity contribution >= 4 is 11.4 Å². The maximum absolute atomic E-state index is 12.4. The molecule has 0 fully saturated rings. The molecule has 0 saturated carbocycles. The number of hydrogen-bond acceptors (Lipinski definition) is 2. The number of hydrogen-bond donors (Lipinski definition) is 1. The molecule has 0 aliphatic carbocycles. The van der Waals surface area contributed by atoms with Crippen LogP contribution < -0.4 is 10.1 Å². The first kappa shape index (κ1) is 21.8. The molecule has 3 aromatic carbocycles. The van der Waals surface area contributed by atoms with E-state index in [0.29, 0.717) is 5.69 Å². The van der Waals surface area contributed by atoms with Gasteiger partial charge in [-0.05, 0) is 53.8 Å². The van der Waals surface area contributed by atoms with Gasteiger partial charge in [0.25, 0.3) is 0 Å². The van der Waals surface area contributed by atoms with Crippen molar-refractivity contribution in [3.63, 3.8) is 0 Å². The van der Waals surface area contributed by atoms with Crippen molar-refractivity contribution < 1.29 is 13.5 Å². The Kier molecular flexibility index (Phi) is 8.25. The Labute approximate surface area is 177 Å². The summed E-state index contributed by atoms with van der Waals surface area (Å²) in [5.41, 5.74) is 5.33. The third-order valence-electron chi connectivity index (χ3n) is 5.06. The summed E-state index contributed by atoms with van der Waals surface area (Å²) < 4.78 is 29.2. The molecule has 0 heterocycles. The van der Waals surface area contributed by atoms with Gasteiger partial charge in [0.1, 0.15) is 5.75 Å². The zero-order valence-electron chi connectivity index (χ0n) is 17.4. The number of halogens is 2. The van der Waals surface area contributed by atoms with Gasteiger partial charge < -0.3 is 10.1 Å². The van der Waals surface area contributed by atoms with Crippen LogP contribution in [0.1, 0.15) is 44.6 Å². The first-order chi connectivity index (χ1) is 14.6. The molecule has 0 saturated heterocycles. The number of benzene rings is 3. The predicted molar refractivity (Wildman–Crippen MR) is 121 cm³/mol. The Morgan fingerprint density at radius 3 is 2.30 bits per heavy atom. The Morgan fingerprint density at radius 1 is 0.767 bits per heavy atom. The molecule has 0 bridgehead atoms. The average Bonchev–Trinajstić information content (AvgIpc) is 2.74. The Bertz CT molecular complexity index is 909. The van der Waals surface area contributed by atoms with Crippen molar-refractivity contribution in [2.75, 3.05) is 5.32 Å². The molecular weight excluding hydrogens is 380 g/mol. The minimum absolute atomic E-state index is 0.137. The summed E-state index contributed by atoms with van der Waals surface area (Å²) in [5.74, 6) is 0.137. The van der Waals surface area contributed by atoms with Crippen molar-refractivity contribution in [2.24, 2.45) is 0 Å². The van der Waals surface area contributed by atoms with E-state index in [4.69, 9.17) is 0 Å². The second kappa shape index (κ2) is 11.3. The Hall–Kier alpha value is -2.88. The molecule has 0 aliphatic heterocycles. The van der Waals surface area contributed by atoms with Crippen LogP contribution in [0.25, 0.3) is 11.1 Å². The van der Waals surface area contributed by atoms with Gasteiger partial charge in [0.15, 0.2) is 0 Å². The van der Waals surface area contributed by atoms with Gasteiger partial charge >= 0.3 is 6.61 Å². The molecule has 158 valence electrons. The average molecular weight is 410 g/mol. The monoisotopic (exact) mass is 409 g/mol. The minimum atomic E-state index is -2.83. The number of aryl methyl sites for hydroxylation is 1. The number of rotatable bonds is 11. The molecule has 0 spiro atoms. The number of unbranched alkanes of at least 4 members (excludes halogenated alkanes) is 4. The fraction of sp³-hybridized carbons (Fsp3) is 0.308. The van der Waals surface area contributed by atoms with Gasteiger partial charge in [-0.25, -0.2) is 0 Å². The summed E-state index contributed by atoms with van der Waals surface area (Å²) in [6.45, 7) is -0.588. The van der Waals surface area contributed by atoms with Crippen LogP contribution in [-0.2, 0) is 6.42 Å². The molecule has 0 atom stereocenters. The third-order valence-corrected chi connectivity index (χ3v) is 5.06. The van der Waals surface area contributed by atoms with Crippen LogP contribution in [0.3, 0.4) is 0 Å². The van der Waals surface area contributed by atoms with Crippen molar-refractivity contribution in [2.45, 2.75) is 52.1 Å². The van der Waals surface area contributed by atoms with Gasteiger partial charge in [0, 0.05) is 17.4 Å². The molecule has 0 unspecified atom stereocenters. The smallest absolute Gasteiger partial charge is 0.387 e. The highest BCUT2D eigenvalue weighted by molar-refractivity contribution is 5.69. The van der Waals surface area contributed by atoms with Crippen LogP contribution in [0.15, 0.2) is 72.8 Å². The van der Waals surface area contributed by atoms with E-state index in [1.165, 1.54) is 49.3 Å². The van der Waals surface area contributed by atoms with Crippen LogP contribution >= 0.6 is 0 Å². The summed E-state index contributed by atoms with van der Waals surface area (Å²) in [7, 11) is 0. The van der Waals surface area contributed by atoms with E-state index in [1.54, 1.807) is 12.1 Å². The van der Waals surface area contributed by atoms with E-state index < -0.39 is 6.61 Å². The summed E-state index contributed by atoms with van der Waals surface area (Å²) >= 11 is 0. The van der Waals surface area contributed by atoms with E-state index in [-0.39, 0.29) is 5.75 Å². The highest BCUT2D eigenvalue weighted by atomic mass is 19.3. The van der Waals surface area contributed by atoms with Crippen LogP contribution in [0.5, 0.6) is 5.75 Å². The zero-order valence-corrected chi connectivity index (χ0v) is 17.4. The quantitative estimate of drug-likeness (QED) is 0.322. The lowest BCUT2D eigenvalue weighted by Crippen LogP contribution is -2.02. The van der Waals surface area contributed by atoms with Crippen molar-refractivity contribution in [1.29, 1.82) is 0 Å². The highest BCUT2D eigenvalue weighted by Gasteiger charge is 2.05. The fourth-order valence-corrected chi connectivity index (χ4v) is 3.50. The van der Waals surface area contributed by atoms with Gasteiger partial charge in [-0.3, -0.25) is 0 Å². The predicted octanol–water partition coefficient (Wildman–Crippen LogP) is 8.21. The van der Waals surface area contributed by atoms with Crippen LogP contribution in [-0.4, -0.2) is 6.61 Å². The fourth-order valence-electron chi connectivity index (χ4n) is 3.50. The lowest BCUT2D eigenvalue weighted by atomic mass is 9.99. The maximum atomic E-state index is 12.4. The molecule has 1 N–H and O–H groups in total. The molecule has 3 aromatic rings. The Morgan fingerprint density at radius 2 is 1.53 bits per heavy atom. The van der Waals surface area contributed by atoms with Gasteiger partial charge in [-0.1, -0.05) is 75.1 Å². The van der Waals surface area contributed by atoms with Crippen molar-refractivity contribution in [3.8, 4) is 16.9 Å². The first-order valence-corrected chi connectivity index (χ1v) is 10.7. The number of anilines is 2.